The first-order valence-corrected chi connectivity index (χ1v) is 8.79. The Balaban J connectivity index is 1.92. The van der Waals surface area contributed by atoms with Gasteiger partial charge < -0.3 is 19.3 Å². The Bertz CT molecular complexity index is 836. The average molecular weight is 377 g/mol. The van der Waals surface area contributed by atoms with Crippen LogP contribution in [-0.4, -0.2) is 60.0 Å². The number of hydrogen-bond acceptors (Lipinski definition) is 6. The number of aromatic carboxylic acids is 1. The molecule has 8 heteroatoms. The minimum absolute atomic E-state index is 0.0144. The van der Waals surface area contributed by atoms with Crippen molar-refractivity contribution in [1.29, 1.82) is 0 Å². The molecule has 1 N–H and O–H groups in total. The Morgan fingerprint density at radius 2 is 1.93 bits per heavy atom. The van der Waals surface area contributed by atoms with Crippen molar-refractivity contribution < 1.29 is 23.6 Å². The van der Waals surface area contributed by atoms with Crippen molar-refractivity contribution in [3.8, 4) is 17.1 Å². The van der Waals surface area contributed by atoms with E-state index in [0.29, 0.717) is 24.5 Å². The topological polar surface area (TPSA) is 79.0 Å². The highest BCUT2D eigenvalue weighted by Gasteiger charge is 2.32. The van der Waals surface area contributed by atoms with E-state index in [9.17, 15) is 14.3 Å². The van der Waals surface area contributed by atoms with Gasteiger partial charge in [-0.25, -0.2) is 9.18 Å². The molecule has 0 aliphatic carbocycles. The molecule has 0 unspecified atom stereocenters. The molecule has 1 aliphatic heterocycles. The van der Waals surface area contributed by atoms with Gasteiger partial charge in [-0.1, -0.05) is 5.16 Å². The second-order valence-electron chi connectivity index (χ2n) is 7.51. The van der Waals surface area contributed by atoms with E-state index in [0.717, 1.165) is 13.1 Å². The summed E-state index contributed by atoms with van der Waals surface area (Å²) in [5, 5.41) is 13.8. The minimum atomic E-state index is -1.14. The number of ether oxygens (including phenoxy) is 1. The molecular formula is C19H24FN3O4. The van der Waals surface area contributed by atoms with Gasteiger partial charge in [-0.15, -0.1) is 0 Å². The molecule has 0 radical (unpaired) electrons. The molecule has 1 fully saturated rings. The van der Waals surface area contributed by atoms with Crippen LogP contribution in [0.15, 0.2) is 22.7 Å². The number of carboxylic acids is 1. The van der Waals surface area contributed by atoms with Gasteiger partial charge in [0, 0.05) is 37.3 Å². The van der Waals surface area contributed by atoms with Gasteiger partial charge >= 0.3 is 5.97 Å². The molecule has 7 nitrogen and oxygen atoms in total. The first kappa shape index (κ1) is 19.2. The molecular weight excluding hydrogens is 353 g/mol. The molecule has 0 bridgehead atoms. The summed E-state index contributed by atoms with van der Waals surface area (Å²) in [4.78, 5) is 16.2. The number of hydrogen-bond donors (Lipinski definition) is 1. The molecule has 0 amide bonds. The smallest absolute Gasteiger partial charge is 0.343 e. The van der Waals surface area contributed by atoms with E-state index in [4.69, 9.17) is 9.26 Å². The molecule has 0 saturated carbocycles. The molecule has 2 aromatic rings. The summed E-state index contributed by atoms with van der Waals surface area (Å²) in [6.45, 7) is 9.36. The number of methoxy groups -OCH3 is 1. The zero-order chi connectivity index (χ0) is 19.8. The van der Waals surface area contributed by atoms with E-state index >= 15 is 0 Å². The fourth-order valence-corrected chi connectivity index (χ4v) is 3.28. The number of halogens is 1. The van der Waals surface area contributed by atoms with Crippen molar-refractivity contribution >= 4 is 11.8 Å². The maximum absolute atomic E-state index is 13.7. The predicted octanol–water partition coefficient (Wildman–Crippen LogP) is 3.11. The fraction of sp³-hybridized carbons (Fsp3) is 0.474. The van der Waals surface area contributed by atoms with Crippen LogP contribution in [0.2, 0.25) is 0 Å². The summed E-state index contributed by atoms with van der Waals surface area (Å²) in [7, 11) is 1.35. The van der Waals surface area contributed by atoms with Crippen LogP contribution < -0.4 is 9.64 Å². The molecule has 1 saturated heterocycles. The van der Waals surface area contributed by atoms with Gasteiger partial charge in [0.15, 0.2) is 28.7 Å². The zero-order valence-corrected chi connectivity index (χ0v) is 16.0. The normalized spacial score (nSPS) is 15.8. The van der Waals surface area contributed by atoms with Crippen LogP contribution in [0.25, 0.3) is 11.3 Å². The van der Waals surface area contributed by atoms with Gasteiger partial charge in [-0.3, -0.25) is 4.90 Å². The summed E-state index contributed by atoms with van der Waals surface area (Å²) in [5.41, 5.74) is 0.437. The van der Waals surface area contributed by atoms with E-state index in [1.165, 1.54) is 25.3 Å². The third-order valence-corrected chi connectivity index (χ3v) is 4.83. The average Bonchev–Trinajstić information content (AvgIpc) is 3.07. The Hall–Kier alpha value is -2.61. The highest BCUT2D eigenvalue weighted by molar-refractivity contribution is 5.99. The van der Waals surface area contributed by atoms with Gasteiger partial charge in [0.25, 0.3) is 0 Å². The number of piperazine rings is 1. The van der Waals surface area contributed by atoms with Gasteiger partial charge in [0.1, 0.15) is 0 Å². The van der Waals surface area contributed by atoms with Crippen LogP contribution in [0, 0.1) is 5.82 Å². The number of aromatic nitrogens is 1. The van der Waals surface area contributed by atoms with Gasteiger partial charge in [0.2, 0.25) is 0 Å². The van der Waals surface area contributed by atoms with Crippen LogP contribution >= 0.6 is 0 Å². The largest absolute Gasteiger partial charge is 0.494 e. The SMILES string of the molecule is COc1cc(-c2onc(N3CCN(C(C)(C)C)CC3)c2C(=O)O)ccc1F. The van der Waals surface area contributed by atoms with Crippen molar-refractivity contribution in [3.63, 3.8) is 0 Å². The van der Waals surface area contributed by atoms with Crippen LogP contribution in [0.3, 0.4) is 0 Å². The van der Waals surface area contributed by atoms with Gasteiger partial charge in [0.05, 0.1) is 7.11 Å². The Morgan fingerprint density at radius 1 is 1.26 bits per heavy atom. The number of benzene rings is 1. The maximum Gasteiger partial charge on any atom is 0.343 e. The second-order valence-corrected chi connectivity index (χ2v) is 7.51. The van der Waals surface area contributed by atoms with Crippen molar-refractivity contribution in [2.75, 3.05) is 38.2 Å². The lowest BCUT2D eigenvalue weighted by atomic mass is 10.0. The predicted molar refractivity (Wildman–Crippen MR) is 98.9 cm³/mol. The van der Waals surface area contributed by atoms with E-state index in [-0.39, 0.29) is 22.6 Å². The van der Waals surface area contributed by atoms with E-state index in [1.54, 1.807) is 0 Å². The van der Waals surface area contributed by atoms with E-state index in [2.05, 4.69) is 30.8 Å². The second kappa shape index (κ2) is 7.19. The fourth-order valence-electron chi connectivity index (χ4n) is 3.28. The van der Waals surface area contributed by atoms with Crippen molar-refractivity contribution in [2.24, 2.45) is 0 Å². The lowest BCUT2D eigenvalue weighted by Crippen LogP contribution is -2.53. The highest BCUT2D eigenvalue weighted by Crippen LogP contribution is 2.34. The maximum atomic E-state index is 13.7. The Labute approximate surface area is 157 Å². The molecule has 3 rings (SSSR count). The lowest BCUT2D eigenvalue weighted by Gasteiger charge is -2.42. The molecule has 27 heavy (non-hydrogen) atoms. The lowest BCUT2D eigenvalue weighted by molar-refractivity contribution is 0.0697. The van der Waals surface area contributed by atoms with Crippen LogP contribution in [0.4, 0.5) is 10.2 Å². The van der Waals surface area contributed by atoms with Crippen LogP contribution in [0.5, 0.6) is 5.75 Å². The minimum Gasteiger partial charge on any atom is -0.494 e. The number of rotatable bonds is 4. The number of carbonyl (C=O) groups is 1. The van der Waals surface area contributed by atoms with E-state index < -0.39 is 11.8 Å². The standard InChI is InChI=1S/C19H24FN3O4/c1-19(2,3)23-9-7-22(8-10-23)17-15(18(24)25)16(27-21-17)12-5-6-13(20)14(11-12)26-4/h5-6,11H,7-10H2,1-4H3,(H,24,25). The monoisotopic (exact) mass is 377 g/mol. The number of anilines is 1. The van der Waals surface area contributed by atoms with E-state index in [1.807, 2.05) is 4.90 Å². The molecule has 0 spiro atoms. The Kier molecular flexibility index (Phi) is 5.10. The molecule has 0 atom stereocenters. The highest BCUT2D eigenvalue weighted by atomic mass is 19.1. The summed E-state index contributed by atoms with van der Waals surface area (Å²) in [6, 6.07) is 4.07. The summed E-state index contributed by atoms with van der Waals surface area (Å²) in [5.74, 6) is -1.26. The number of nitrogens with zero attached hydrogens (tertiary/aromatic N) is 3. The van der Waals surface area contributed by atoms with Crippen LogP contribution in [0.1, 0.15) is 31.1 Å². The first-order valence-electron chi connectivity index (χ1n) is 8.79. The van der Waals surface area contributed by atoms with Gasteiger partial charge in [-0.05, 0) is 39.0 Å². The van der Waals surface area contributed by atoms with Crippen molar-refractivity contribution in [3.05, 3.63) is 29.6 Å². The van der Waals surface area contributed by atoms with Crippen LogP contribution in [-0.2, 0) is 0 Å². The number of carboxylic acid groups (broad SMARTS) is 1. The van der Waals surface area contributed by atoms with Crippen molar-refractivity contribution in [2.45, 2.75) is 26.3 Å². The Morgan fingerprint density at radius 3 is 2.48 bits per heavy atom. The third kappa shape index (κ3) is 3.75. The third-order valence-electron chi connectivity index (χ3n) is 4.83. The van der Waals surface area contributed by atoms with Gasteiger partial charge in [-0.2, -0.15) is 0 Å². The summed E-state index contributed by atoms with van der Waals surface area (Å²) >= 11 is 0. The summed E-state index contributed by atoms with van der Waals surface area (Å²) in [6.07, 6.45) is 0. The molecule has 146 valence electrons. The van der Waals surface area contributed by atoms with Crippen molar-refractivity contribution in [1.82, 2.24) is 10.1 Å². The molecule has 1 aromatic heterocycles. The summed E-state index contributed by atoms with van der Waals surface area (Å²) < 4.78 is 24.0. The molecule has 2 heterocycles. The zero-order valence-electron chi connectivity index (χ0n) is 16.0. The first-order chi connectivity index (χ1) is 12.7. The molecule has 1 aromatic carbocycles. The molecule has 1 aliphatic rings. The quantitative estimate of drug-likeness (QED) is 0.877.